The van der Waals surface area contributed by atoms with Gasteiger partial charge in [-0.2, -0.15) is 5.10 Å². The van der Waals surface area contributed by atoms with Crippen LogP contribution in [-0.2, 0) is 26.6 Å². The summed E-state index contributed by atoms with van der Waals surface area (Å²) in [6.07, 6.45) is 11.3. The molecular weight excluding hydrogens is 390 g/mol. The molecule has 0 amide bonds. The Hall–Kier alpha value is -3.00. The second-order valence-corrected chi connectivity index (χ2v) is 8.98. The molecule has 2 bridgehead atoms. The number of rotatable bonds is 6. The van der Waals surface area contributed by atoms with Crippen LogP contribution in [0.25, 0.3) is 0 Å². The lowest BCUT2D eigenvalue weighted by Crippen LogP contribution is -2.48. The lowest BCUT2D eigenvalue weighted by Gasteiger charge is -2.43. The van der Waals surface area contributed by atoms with E-state index in [4.69, 9.17) is 0 Å². The Morgan fingerprint density at radius 2 is 2.06 bits per heavy atom. The number of piperidine rings is 1. The Morgan fingerprint density at radius 1 is 1.16 bits per heavy atom. The first-order valence-electron chi connectivity index (χ1n) is 11.0. The maximum atomic E-state index is 13.3. The van der Waals surface area contributed by atoms with Gasteiger partial charge in [0, 0.05) is 75.5 Å². The van der Waals surface area contributed by atoms with Crippen LogP contribution in [0.4, 0.5) is 5.82 Å². The molecule has 0 N–H and O–H groups in total. The summed E-state index contributed by atoms with van der Waals surface area (Å²) in [6.45, 7) is 4.16. The lowest BCUT2D eigenvalue weighted by atomic mass is 9.83. The monoisotopic (exact) mass is 419 g/mol. The molecule has 2 aliphatic rings. The number of aromatic nitrogens is 5. The summed E-state index contributed by atoms with van der Waals surface area (Å²) in [6, 6.07) is 4.21. The van der Waals surface area contributed by atoms with Crippen LogP contribution in [-0.4, -0.2) is 55.9 Å². The molecule has 162 valence electrons. The first-order chi connectivity index (χ1) is 15.1. The van der Waals surface area contributed by atoms with Crippen LogP contribution in [0.2, 0.25) is 0 Å². The van der Waals surface area contributed by atoms with Crippen molar-refractivity contribution in [1.82, 2.24) is 29.2 Å². The molecule has 0 aliphatic carbocycles. The normalized spacial score (nSPS) is 20.2. The van der Waals surface area contributed by atoms with Gasteiger partial charge in [-0.15, -0.1) is 0 Å². The van der Waals surface area contributed by atoms with Crippen molar-refractivity contribution in [3.8, 4) is 0 Å². The molecule has 3 aromatic heterocycles. The molecule has 2 aliphatic heterocycles. The average Bonchev–Trinajstić information content (AvgIpc) is 3.20. The van der Waals surface area contributed by atoms with E-state index in [1.54, 1.807) is 12.4 Å². The van der Waals surface area contributed by atoms with E-state index in [9.17, 15) is 4.79 Å². The molecule has 5 heterocycles. The first-order valence-corrected chi connectivity index (χ1v) is 11.0. The molecule has 1 fully saturated rings. The average molecular weight is 420 g/mol. The van der Waals surface area contributed by atoms with Gasteiger partial charge < -0.3 is 14.4 Å². The van der Waals surface area contributed by atoms with Crippen LogP contribution < -0.4 is 10.5 Å². The number of pyridine rings is 1. The Kier molecular flexibility index (Phi) is 5.31. The highest BCUT2D eigenvalue weighted by Crippen LogP contribution is 2.36. The summed E-state index contributed by atoms with van der Waals surface area (Å²) in [5.74, 6) is 1.75. The van der Waals surface area contributed by atoms with Crippen molar-refractivity contribution in [2.75, 3.05) is 31.6 Å². The van der Waals surface area contributed by atoms with Crippen molar-refractivity contribution in [2.45, 2.75) is 31.8 Å². The van der Waals surface area contributed by atoms with E-state index in [2.05, 4.69) is 38.0 Å². The third-order valence-corrected chi connectivity index (χ3v) is 6.54. The molecular formula is C23H29N7O. The zero-order chi connectivity index (χ0) is 21.4. The van der Waals surface area contributed by atoms with E-state index in [1.807, 2.05) is 41.0 Å². The molecule has 0 radical (unpaired) electrons. The third kappa shape index (κ3) is 4.12. The molecule has 3 aromatic rings. The molecule has 0 unspecified atom stereocenters. The van der Waals surface area contributed by atoms with Gasteiger partial charge in [-0.1, -0.05) is 6.07 Å². The summed E-state index contributed by atoms with van der Waals surface area (Å²) in [7, 11) is 4.01. The van der Waals surface area contributed by atoms with Crippen LogP contribution in [0.5, 0.6) is 0 Å². The SMILES string of the molecule is CN(CCc1cnn(C)c1)Cc1ccc2n(c1=O)C[C@H]1C[C@@H]2CN(c2cnccn2)C1. The van der Waals surface area contributed by atoms with Crippen LogP contribution >= 0.6 is 0 Å². The fourth-order valence-corrected chi connectivity index (χ4v) is 5.04. The van der Waals surface area contributed by atoms with Crippen molar-refractivity contribution in [3.05, 3.63) is 70.3 Å². The maximum absolute atomic E-state index is 13.3. The summed E-state index contributed by atoms with van der Waals surface area (Å²) >= 11 is 0. The Balaban J connectivity index is 1.30. The largest absolute Gasteiger partial charge is 0.354 e. The summed E-state index contributed by atoms with van der Waals surface area (Å²) in [5, 5.41) is 4.23. The van der Waals surface area contributed by atoms with Gasteiger partial charge in [-0.3, -0.25) is 14.5 Å². The van der Waals surface area contributed by atoms with Gasteiger partial charge in [-0.05, 0) is 37.4 Å². The smallest absolute Gasteiger partial charge is 0.255 e. The van der Waals surface area contributed by atoms with Gasteiger partial charge in [0.1, 0.15) is 5.82 Å². The highest BCUT2D eigenvalue weighted by Gasteiger charge is 2.35. The highest BCUT2D eigenvalue weighted by molar-refractivity contribution is 5.38. The predicted molar refractivity (Wildman–Crippen MR) is 119 cm³/mol. The van der Waals surface area contributed by atoms with Crippen LogP contribution in [0.3, 0.4) is 0 Å². The van der Waals surface area contributed by atoms with Gasteiger partial charge in [0.05, 0.1) is 12.4 Å². The lowest BCUT2D eigenvalue weighted by molar-refractivity contribution is 0.277. The first kappa shape index (κ1) is 19.9. The molecule has 8 nitrogen and oxygen atoms in total. The molecule has 5 rings (SSSR count). The topological polar surface area (TPSA) is 72.1 Å². The fourth-order valence-electron chi connectivity index (χ4n) is 5.04. The third-order valence-electron chi connectivity index (χ3n) is 6.54. The molecule has 0 aromatic carbocycles. The number of hydrogen-bond donors (Lipinski definition) is 0. The predicted octanol–water partition coefficient (Wildman–Crippen LogP) is 1.67. The molecule has 31 heavy (non-hydrogen) atoms. The number of hydrogen-bond acceptors (Lipinski definition) is 6. The van der Waals surface area contributed by atoms with Gasteiger partial charge in [-0.25, -0.2) is 4.98 Å². The van der Waals surface area contributed by atoms with Crippen LogP contribution in [0.15, 0.2) is 47.9 Å². The summed E-state index contributed by atoms with van der Waals surface area (Å²) < 4.78 is 3.87. The minimum Gasteiger partial charge on any atom is -0.354 e. The Labute approximate surface area is 182 Å². The van der Waals surface area contributed by atoms with Crippen molar-refractivity contribution in [3.63, 3.8) is 0 Å². The number of aryl methyl sites for hydroxylation is 1. The number of likely N-dealkylation sites (N-methyl/N-ethyl adjacent to an activating group) is 1. The molecule has 0 saturated carbocycles. The molecule has 8 heteroatoms. The number of fused-ring (bicyclic) bond motifs is 4. The van der Waals surface area contributed by atoms with Gasteiger partial charge >= 0.3 is 0 Å². The van der Waals surface area contributed by atoms with Crippen molar-refractivity contribution < 1.29 is 0 Å². The zero-order valence-electron chi connectivity index (χ0n) is 18.2. The zero-order valence-corrected chi connectivity index (χ0v) is 18.2. The minimum absolute atomic E-state index is 0.174. The highest BCUT2D eigenvalue weighted by atomic mass is 16.1. The quantitative estimate of drug-likeness (QED) is 0.605. The number of anilines is 1. The van der Waals surface area contributed by atoms with E-state index in [0.29, 0.717) is 18.4 Å². The molecule has 2 atom stereocenters. The standard InChI is InChI=1S/C23H29N7O/c1-27(8-5-17-10-26-28(2)12-17)15-19-3-4-21-20-9-18(14-30(21)23(19)31)13-29(16-20)22-11-24-6-7-25-22/h3-4,6-7,10-12,18,20H,5,8-9,13-16H2,1-2H3/t18-,20+/m0/s1. The fraction of sp³-hybridized carbons (Fsp3) is 0.478. The van der Waals surface area contributed by atoms with Gasteiger partial charge in [0.2, 0.25) is 0 Å². The Bertz CT molecular complexity index is 1110. The van der Waals surface area contributed by atoms with Crippen molar-refractivity contribution in [2.24, 2.45) is 13.0 Å². The van der Waals surface area contributed by atoms with Crippen molar-refractivity contribution in [1.29, 1.82) is 0 Å². The van der Waals surface area contributed by atoms with Crippen LogP contribution in [0, 0.1) is 5.92 Å². The van der Waals surface area contributed by atoms with E-state index < -0.39 is 0 Å². The minimum atomic E-state index is 0.174. The second-order valence-electron chi connectivity index (χ2n) is 8.98. The maximum Gasteiger partial charge on any atom is 0.255 e. The summed E-state index contributed by atoms with van der Waals surface area (Å²) in [5.41, 5.74) is 3.44. The number of nitrogens with zero attached hydrogens (tertiary/aromatic N) is 7. The molecule has 0 spiro atoms. The van der Waals surface area contributed by atoms with Crippen LogP contribution in [0.1, 0.15) is 29.2 Å². The van der Waals surface area contributed by atoms with Gasteiger partial charge in [0.25, 0.3) is 5.56 Å². The summed E-state index contributed by atoms with van der Waals surface area (Å²) in [4.78, 5) is 26.5. The van der Waals surface area contributed by atoms with Gasteiger partial charge in [0.15, 0.2) is 0 Å². The Morgan fingerprint density at radius 3 is 2.84 bits per heavy atom. The van der Waals surface area contributed by atoms with E-state index >= 15 is 0 Å². The van der Waals surface area contributed by atoms with E-state index in [-0.39, 0.29) is 5.56 Å². The van der Waals surface area contributed by atoms with E-state index in [0.717, 1.165) is 56.1 Å². The van der Waals surface area contributed by atoms with E-state index in [1.165, 1.54) is 5.56 Å². The molecule has 1 saturated heterocycles. The second kappa shape index (κ2) is 8.26. The van der Waals surface area contributed by atoms with Crippen molar-refractivity contribution >= 4 is 5.82 Å².